The number of Topliss-reactive ketones (excluding diaryl/α,β-unsaturated/α-hetero) is 1. The Labute approximate surface area is 86.0 Å². The molecule has 0 aromatic heterocycles. The van der Waals surface area contributed by atoms with Gasteiger partial charge in [-0.15, -0.1) is 0 Å². The van der Waals surface area contributed by atoms with E-state index in [9.17, 15) is 22.8 Å². The molecule has 0 aromatic rings. The van der Waals surface area contributed by atoms with Gasteiger partial charge in [-0.05, 0) is 13.8 Å². The molecule has 0 fully saturated rings. The molecule has 0 spiro atoms. The molecule has 0 heterocycles. The minimum absolute atomic E-state index is 0.0580. The first-order valence-corrected chi connectivity index (χ1v) is 4.56. The van der Waals surface area contributed by atoms with E-state index < -0.39 is 24.5 Å². The molecule has 1 N–H and O–H groups in total. The summed E-state index contributed by atoms with van der Waals surface area (Å²) in [5.41, 5.74) is 0. The molecule has 0 rings (SSSR count). The fourth-order valence-corrected chi connectivity index (χ4v) is 1.03. The van der Waals surface area contributed by atoms with Gasteiger partial charge < -0.3 is 10.1 Å². The van der Waals surface area contributed by atoms with E-state index in [1.54, 1.807) is 0 Å². The first-order valence-electron chi connectivity index (χ1n) is 4.56. The molecule has 3 nitrogen and oxygen atoms in total. The standard InChI is InChI=1S/C9H14F3NO2/c1-6(5-9(10,11)12)13-8(15)4-3-7(2)14/h6H,3-5H2,1-2H3,(H,13,15). The fourth-order valence-electron chi connectivity index (χ4n) is 1.03. The summed E-state index contributed by atoms with van der Waals surface area (Å²) >= 11 is 0. The molecule has 0 aromatic carbocycles. The van der Waals surface area contributed by atoms with Crippen molar-refractivity contribution in [3.05, 3.63) is 0 Å². The second kappa shape index (κ2) is 5.72. The zero-order valence-electron chi connectivity index (χ0n) is 8.65. The maximum Gasteiger partial charge on any atom is 0.391 e. The largest absolute Gasteiger partial charge is 0.391 e. The molecule has 0 radical (unpaired) electrons. The van der Waals surface area contributed by atoms with Gasteiger partial charge in [-0.1, -0.05) is 0 Å². The Morgan fingerprint density at radius 2 is 1.80 bits per heavy atom. The van der Waals surface area contributed by atoms with Crippen molar-refractivity contribution in [1.82, 2.24) is 5.32 Å². The highest BCUT2D eigenvalue weighted by molar-refractivity contribution is 5.83. The van der Waals surface area contributed by atoms with E-state index in [4.69, 9.17) is 0 Å². The monoisotopic (exact) mass is 225 g/mol. The zero-order chi connectivity index (χ0) is 12.1. The summed E-state index contributed by atoms with van der Waals surface area (Å²) in [5.74, 6) is -0.685. The maximum absolute atomic E-state index is 11.9. The van der Waals surface area contributed by atoms with Gasteiger partial charge in [0, 0.05) is 18.9 Å². The van der Waals surface area contributed by atoms with Crippen LogP contribution in [0.3, 0.4) is 0 Å². The lowest BCUT2D eigenvalue weighted by Crippen LogP contribution is -2.35. The van der Waals surface area contributed by atoms with Gasteiger partial charge in [0.1, 0.15) is 5.78 Å². The second-order valence-corrected chi connectivity index (χ2v) is 3.49. The lowest BCUT2D eigenvalue weighted by molar-refractivity contribution is -0.141. The van der Waals surface area contributed by atoms with Crippen molar-refractivity contribution in [2.75, 3.05) is 0 Å². The van der Waals surface area contributed by atoms with E-state index in [-0.39, 0.29) is 18.6 Å². The van der Waals surface area contributed by atoms with Gasteiger partial charge in [0.25, 0.3) is 0 Å². The van der Waals surface area contributed by atoms with Crippen LogP contribution < -0.4 is 5.32 Å². The zero-order valence-corrected chi connectivity index (χ0v) is 8.65. The molecule has 1 unspecified atom stereocenters. The van der Waals surface area contributed by atoms with Crippen molar-refractivity contribution in [2.24, 2.45) is 0 Å². The van der Waals surface area contributed by atoms with Crippen molar-refractivity contribution >= 4 is 11.7 Å². The smallest absolute Gasteiger partial charge is 0.353 e. The van der Waals surface area contributed by atoms with Gasteiger partial charge in [0.05, 0.1) is 6.42 Å². The molecule has 1 amide bonds. The second-order valence-electron chi connectivity index (χ2n) is 3.49. The Balaban J connectivity index is 3.81. The van der Waals surface area contributed by atoms with Crippen LogP contribution in [0.25, 0.3) is 0 Å². The lowest BCUT2D eigenvalue weighted by atomic mass is 10.2. The summed E-state index contributed by atoms with van der Waals surface area (Å²) in [6, 6.07) is -0.954. The van der Waals surface area contributed by atoms with Crippen molar-refractivity contribution in [2.45, 2.75) is 45.3 Å². The van der Waals surface area contributed by atoms with Crippen molar-refractivity contribution in [3.63, 3.8) is 0 Å². The number of carbonyl (C=O) groups excluding carboxylic acids is 2. The summed E-state index contributed by atoms with van der Waals surface area (Å²) in [5, 5.41) is 2.18. The number of rotatable bonds is 5. The van der Waals surface area contributed by atoms with E-state index in [1.165, 1.54) is 13.8 Å². The number of nitrogens with one attached hydrogen (secondary N) is 1. The minimum atomic E-state index is -4.28. The van der Waals surface area contributed by atoms with E-state index in [1.807, 2.05) is 0 Å². The number of amides is 1. The van der Waals surface area contributed by atoms with Crippen LogP contribution in [0.5, 0.6) is 0 Å². The number of alkyl halides is 3. The third kappa shape index (κ3) is 9.24. The van der Waals surface area contributed by atoms with Gasteiger partial charge in [-0.25, -0.2) is 0 Å². The Morgan fingerprint density at radius 3 is 2.20 bits per heavy atom. The molecule has 0 saturated carbocycles. The molecule has 0 bridgehead atoms. The molecule has 0 aliphatic heterocycles. The first-order chi connectivity index (χ1) is 6.70. The molecular formula is C9H14F3NO2. The molecular weight excluding hydrogens is 211 g/mol. The van der Waals surface area contributed by atoms with Gasteiger partial charge in [-0.3, -0.25) is 4.79 Å². The highest BCUT2D eigenvalue weighted by Crippen LogP contribution is 2.21. The number of ketones is 1. The van der Waals surface area contributed by atoms with Gasteiger partial charge >= 0.3 is 6.18 Å². The number of halogens is 3. The molecule has 15 heavy (non-hydrogen) atoms. The van der Waals surface area contributed by atoms with Crippen molar-refractivity contribution in [3.8, 4) is 0 Å². The Bertz CT molecular complexity index is 238. The fraction of sp³-hybridized carbons (Fsp3) is 0.778. The number of hydrogen-bond acceptors (Lipinski definition) is 2. The number of hydrogen-bond donors (Lipinski definition) is 1. The number of carbonyl (C=O) groups is 2. The van der Waals surface area contributed by atoms with E-state index in [0.717, 1.165) is 0 Å². The highest BCUT2D eigenvalue weighted by atomic mass is 19.4. The lowest BCUT2D eigenvalue weighted by Gasteiger charge is -2.15. The minimum Gasteiger partial charge on any atom is -0.353 e. The predicted octanol–water partition coefficient (Wildman–Crippen LogP) is 1.81. The van der Waals surface area contributed by atoms with Crippen LogP contribution >= 0.6 is 0 Å². The summed E-state index contributed by atoms with van der Waals surface area (Å²) in [6.07, 6.45) is -5.34. The maximum atomic E-state index is 11.9. The topological polar surface area (TPSA) is 46.2 Å². The van der Waals surface area contributed by atoms with Crippen molar-refractivity contribution < 1.29 is 22.8 Å². The summed E-state index contributed by atoms with van der Waals surface area (Å²) in [7, 11) is 0. The summed E-state index contributed by atoms with van der Waals surface area (Å²) in [4.78, 5) is 21.5. The van der Waals surface area contributed by atoms with E-state index in [2.05, 4.69) is 5.32 Å². The molecule has 88 valence electrons. The van der Waals surface area contributed by atoms with Gasteiger partial charge in [0.15, 0.2) is 0 Å². The van der Waals surface area contributed by atoms with Crippen LogP contribution in [0.15, 0.2) is 0 Å². The van der Waals surface area contributed by atoms with Crippen molar-refractivity contribution in [1.29, 1.82) is 0 Å². The van der Waals surface area contributed by atoms with Crippen LogP contribution in [0.2, 0.25) is 0 Å². The normalized spacial score (nSPS) is 13.4. The van der Waals surface area contributed by atoms with Crippen LogP contribution in [0.1, 0.15) is 33.1 Å². The van der Waals surface area contributed by atoms with Gasteiger partial charge in [0.2, 0.25) is 5.91 Å². The predicted molar refractivity (Wildman–Crippen MR) is 48.2 cm³/mol. The van der Waals surface area contributed by atoms with Crippen LogP contribution in [-0.2, 0) is 9.59 Å². The highest BCUT2D eigenvalue weighted by Gasteiger charge is 2.30. The quantitative estimate of drug-likeness (QED) is 0.775. The molecule has 0 saturated heterocycles. The molecule has 0 aliphatic rings. The van der Waals surface area contributed by atoms with E-state index in [0.29, 0.717) is 0 Å². The van der Waals surface area contributed by atoms with Gasteiger partial charge in [-0.2, -0.15) is 13.2 Å². The third-order valence-corrected chi connectivity index (χ3v) is 1.65. The molecule has 0 aliphatic carbocycles. The summed E-state index contributed by atoms with van der Waals surface area (Å²) in [6.45, 7) is 2.60. The summed E-state index contributed by atoms with van der Waals surface area (Å²) < 4.78 is 35.6. The SMILES string of the molecule is CC(=O)CCC(=O)NC(C)CC(F)(F)F. The first kappa shape index (κ1) is 13.9. The third-order valence-electron chi connectivity index (χ3n) is 1.65. The van der Waals surface area contributed by atoms with Crippen LogP contribution in [0, 0.1) is 0 Å². The Hall–Kier alpha value is -1.07. The Morgan fingerprint density at radius 1 is 1.27 bits per heavy atom. The molecule has 6 heteroatoms. The Kier molecular flexibility index (Phi) is 5.32. The van der Waals surface area contributed by atoms with Crippen LogP contribution in [-0.4, -0.2) is 23.9 Å². The molecule has 1 atom stereocenters. The van der Waals surface area contributed by atoms with Crippen LogP contribution in [0.4, 0.5) is 13.2 Å². The average Bonchev–Trinajstić information content (AvgIpc) is 1.96. The average molecular weight is 225 g/mol. The van der Waals surface area contributed by atoms with E-state index >= 15 is 0 Å².